The highest BCUT2D eigenvalue weighted by molar-refractivity contribution is 7.89. The van der Waals surface area contributed by atoms with Crippen LogP contribution in [0.1, 0.15) is 42.5 Å². The molecule has 1 fully saturated rings. The Bertz CT molecular complexity index is 771. The summed E-state index contributed by atoms with van der Waals surface area (Å²) in [5, 5.41) is 2.96. The number of nitrogens with zero attached hydrogens (tertiary/aromatic N) is 2. The monoisotopic (exact) mass is 395 g/mol. The van der Waals surface area contributed by atoms with Crippen LogP contribution in [0.2, 0.25) is 0 Å². The molecule has 0 aromatic heterocycles. The van der Waals surface area contributed by atoms with Gasteiger partial charge in [0.15, 0.2) is 0 Å². The van der Waals surface area contributed by atoms with Crippen molar-refractivity contribution in [3.8, 4) is 0 Å². The number of aryl methyl sites for hydroxylation is 2. The molecule has 0 aliphatic carbocycles. The van der Waals surface area contributed by atoms with Crippen molar-refractivity contribution in [2.45, 2.75) is 58.9 Å². The van der Waals surface area contributed by atoms with Crippen LogP contribution in [0.3, 0.4) is 0 Å². The summed E-state index contributed by atoms with van der Waals surface area (Å²) < 4.78 is 28.1. The number of sulfonamides is 1. The van der Waals surface area contributed by atoms with E-state index < -0.39 is 10.0 Å². The van der Waals surface area contributed by atoms with Gasteiger partial charge in [0, 0.05) is 32.2 Å². The van der Waals surface area contributed by atoms with E-state index in [1.165, 1.54) is 0 Å². The summed E-state index contributed by atoms with van der Waals surface area (Å²) in [6, 6.07) is 2.20. The molecule has 1 N–H and O–H groups in total. The van der Waals surface area contributed by atoms with Crippen LogP contribution in [-0.2, 0) is 14.8 Å². The molecule has 1 aliphatic heterocycles. The molecule has 1 aromatic rings. The van der Waals surface area contributed by atoms with Crippen molar-refractivity contribution >= 4 is 15.9 Å². The maximum absolute atomic E-state index is 13.3. The number of carbonyl (C=O) groups is 1. The summed E-state index contributed by atoms with van der Waals surface area (Å²) in [4.78, 5) is 14.5. The van der Waals surface area contributed by atoms with Crippen molar-refractivity contribution in [3.63, 3.8) is 0 Å². The van der Waals surface area contributed by atoms with E-state index in [2.05, 4.69) is 5.32 Å². The minimum Gasteiger partial charge on any atom is -0.353 e. The summed E-state index contributed by atoms with van der Waals surface area (Å²) in [6.07, 6.45) is 0.895. The van der Waals surface area contributed by atoms with Crippen molar-refractivity contribution in [2.24, 2.45) is 0 Å². The van der Waals surface area contributed by atoms with E-state index in [0.717, 1.165) is 28.7 Å². The van der Waals surface area contributed by atoms with Gasteiger partial charge in [0.05, 0.1) is 11.4 Å². The predicted octanol–water partition coefficient (Wildman–Crippen LogP) is 2.14. The summed E-state index contributed by atoms with van der Waals surface area (Å²) in [5.41, 5.74) is 3.65. The molecule has 1 heterocycles. The highest BCUT2D eigenvalue weighted by Gasteiger charge is 2.32. The number of hydrogen-bond donors (Lipinski definition) is 1. The Morgan fingerprint density at radius 1 is 1.07 bits per heavy atom. The first-order valence-electron chi connectivity index (χ1n) is 9.67. The fraction of sp³-hybridized carbons (Fsp3) is 0.650. The van der Waals surface area contributed by atoms with Crippen LogP contribution in [0.4, 0.5) is 0 Å². The standard InChI is InChI=1S/C20H33N3O3S/c1-7-16(4)21-19(24)13-22-8-10-23(11-9-22)27(25,26)20-17(5)14(2)12-15(3)18(20)6/h12,16H,7-11,13H2,1-6H3,(H,21,24)/t16-/m1/s1. The van der Waals surface area contributed by atoms with E-state index in [0.29, 0.717) is 37.6 Å². The van der Waals surface area contributed by atoms with Gasteiger partial charge in [0.25, 0.3) is 0 Å². The lowest BCUT2D eigenvalue weighted by Gasteiger charge is -2.34. The topological polar surface area (TPSA) is 69.7 Å². The average Bonchev–Trinajstić information content (AvgIpc) is 2.60. The van der Waals surface area contributed by atoms with Crippen molar-refractivity contribution in [1.29, 1.82) is 0 Å². The summed E-state index contributed by atoms with van der Waals surface area (Å²) >= 11 is 0. The number of rotatable bonds is 6. The van der Waals surface area contributed by atoms with Gasteiger partial charge in [-0.25, -0.2) is 8.42 Å². The maximum atomic E-state index is 13.3. The Morgan fingerprint density at radius 2 is 1.59 bits per heavy atom. The minimum absolute atomic E-state index is 0.00153. The highest BCUT2D eigenvalue weighted by atomic mass is 32.2. The van der Waals surface area contributed by atoms with Crippen LogP contribution in [0.5, 0.6) is 0 Å². The molecule has 0 spiro atoms. The summed E-state index contributed by atoms with van der Waals surface area (Å²) in [6.45, 7) is 13.9. The average molecular weight is 396 g/mol. The molecule has 2 rings (SSSR count). The zero-order valence-electron chi connectivity index (χ0n) is 17.4. The van der Waals surface area contributed by atoms with Gasteiger partial charge < -0.3 is 5.32 Å². The predicted molar refractivity (Wildman–Crippen MR) is 108 cm³/mol. The normalized spacial score (nSPS) is 17.7. The largest absolute Gasteiger partial charge is 0.353 e. The van der Waals surface area contributed by atoms with Gasteiger partial charge in [-0.3, -0.25) is 9.69 Å². The number of benzene rings is 1. The number of nitrogens with one attached hydrogen (secondary N) is 1. The first kappa shape index (κ1) is 21.9. The molecule has 27 heavy (non-hydrogen) atoms. The van der Waals surface area contributed by atoms with E-state index in [1.54, 1.807) is 4.31 Å². The molecule has 0 unspecified atom stereocenters. The summed E-state index contributed by atoms with van der Waals surface area (Å²) in [5.74, 6) is 0.00153. The molecule has 1 aromatic carbocycles. The second-order valence-electron chi connectivity index (χ2n) is 7.65. The van der Waals surface area contributed by atoms with E-state index in [-0.39, 0.29) is 11.9 Å². The third-order valence-electron chi connectivity index (χ3n) is 5.61. The lowest BCUT2D eigenvalue weighted by Crippen LogP contribution is -2.51. The van der Waals surface area contributed by atoms with Crippen LogP contribution in [0.15, 0.2) is 11.0 Å². The molecule has 1 atom stereocenters. The van der Waals surface area contributed by atoms with Gasteiger partial charge in [0.2, 0.25) is 15.9 Å². The molecule has 6 nitrogen and oxygen atoms in total. The zero-order valence-corrected chi connectivity index (χ0v) is 18.2. The molecule has 0 saturated carbocycles. The van der Waals surface area contributed by atoms with Gasteiger partial charge in [-0.2, -0.15) is 4.31 Å². The minimum atomic E-state index is -3.54. The molecule has 7 heteroatoms. The van der Waals surface area contributed by atoms with Gasteiger partial charge in [-0.05, 0) is 63.3 Å². The van der Waals surface area contributed by atoms with Crippen molar-refractivity contribution in [1.82, 2.24) is 14.5 Å². The molecule has 0 bridgehead atoms. The van der Waals surface area contributed by atoms with Gasteiger partial charge in [-0.15, -0.1) is 0 Å². The number of hydrogen-bond acceptors (Lipinski definition) is 4. The van der Waals surface area contributed by atoms with Crippen LogP contribution in [-0.4, -0.2) is 62.3 Å². The second kappa shape index (κ2) is 8.71. The number of piperazine rings is 1. The van der Waals surface area contributed by atoms with Crippen LogP contribution in [0.25, 0.3) is 0 Å². The van der Waals surface area contributed by atoms with E-state index in [4.69, 9.17) is 0 Å². The number of amides is 1. The zero-order chi connectivity index (χ0) is 20.4. The lowest BCUT2D eigenvalue weighted by molar-refractivity contribution is -0.123. The Kier molecular flexibility index (Phi) is 7.05. The molecular formula is C20H33N3O3S. The molecule has 1 saturated heterocycles. The van der Waals surface area contributed by atoms with Gasteiger partial charge >= 0.3 is 0 Å². The van der Waals surface area contributed by atoms with Crippen molar-refractivity contribution in [3.05, 3.63) is 28.3 Å². The van der Waals surface area contributed by atoms with Crippen LogP contribution in [0, 0.1) is 27.7 Å². The SMILES string of the molecule is CC[C@@H](C)NC(=O)CN1CCN(S(=O)(=O)c2c(C)c(C)cc(C)c2C)CC1. The van der Waals surface area contributed by atoms with Crippen LogP contribution < -0.4 is 5.32 Å². The fourth-order valence-electron chi connectivity index (χ4n) is 3.45. The first-order valence-corrected chi connectivity index (χ1v) is 11.1. The molecule has 1 aliphatic rings. The highest BCUT2D eigenvalue weighted by Crippen LogP contribution is 2.29. The number of carbonyl (C=O) groups excluding carboxylic acids is 1. The maximum Gasteiger partial charge on any atom is 0.243 e. The van der Waals surface area contributed by atoms with Gasteiger partial charge in [0.1, 0.15) is 0 Å². The third kappa shape index (κ3) is 4.89. The molecule has 1 amide bonds. The quantitative estimate of drug-likeness (QED) is 0.801. The summed E-state index contributed by atoms with van der Waals surface area (Å²) in [7, 11) is -3.54. The Labute approximate surface area is 164 Å². The molecule has 152 valence electrons. The van der Waals surface area contributed by atoms with Gasteiger partial charge in [-0.1, -0.05) is 13.0 Å². The second-order valence-corrected chi connectivity index (χ2v) is 9.52. The fourth-order valence-corrected chi connectivity index (χ4v) is 5.45. The first-order chi connectivity index (χ1) is 12.6. The van der Waals surface area contributed by atoms with Crippen molar-refractivity contribution < 1.29 is 13.2 Å². The molecular weight excluding hydrogens is 362 g/mol. The van der Waals surface area contributed by atoms with Crippen molar-refractivity contribution in [2.75, 3.05) is 32.7 Å². The Balaban J connectivity index is 2.09. The van der Waals surface area contributed by atoms with E-state index in [1.807, 2.05) is 52.5 Å². The smallest absolute Gasteiger partial charge is 0.243 e. The third-order valence-corrected chi connectivity index (χ3v) is 7.79. The van der Waals surface area contributed by atoms with E-state index in [9.17, 15) is 13.2 Å². The Hall–Kier alpha value is -1.44. The van der Waals surface area contributed by atoms with E-state index >= 15 is 0 Å². The molecule has 0 radical (unpaired) electrons. The van der Waals surface area contributed by atoms with Crippen LogP contribution >= 0.6 is 0 Å². The Morgan fingerprint density at radius 3 is 2.07 bits per heavy atom. The lowest BCUT2D eigenvalue weighted by atomic mass is 10.0.